The zero-order valence-electron chi connectivity index (χ0n) is 18.4. The maximum absolute atomic E-state index is 13.5. The Kier molecular flexibility index (Phi) is 5.32. The first-order chi connectivity index (χ1) is 17.5. The fourth-order valence-corrected chi connectivity index (χ4v) is 5.17. The molecule has 0 fully saturated rings. The number of carbonyl (C=O) groups is 2. The molecule has 0 saturated heterocycles. The van der Waals surface area contributed by atoms with Crippen molar-refractivity contribution in [1.29, 1.82) is 0 Å². The second-order valence-corrected chi connectivity index (χ2v) is 9.35. The zero-order valence-corrected chi connectivity index (χ0v) is 20.0. The van der Waals surface area contributed by atoms with Crippen molar-refractivity contribution in [2.75, 3.05) is 16.8 Å². The summed E-state index contributed by atoms with van der Waals surface area (Å²) in [6, 6.07) is 17.3. The molecule has 36 heavy (non-hydrogen) atoms. The molecule has 2 aromatic carbocycles. The van der Waals surface area contributed by atoms with Crippen molar-refractivity contribution < 1.29 is 9.59 Å². The number of aromatic nitrogens is 4. The zero-order chi connectivity index (χ0) is 24.8. The summed E-state index contributed by atoms with van der Waals surface area (Å²) in [6.45, 7) is -0.219. The van der Waals surface area contributed by atoms with E-state index in [9.17, 15) is 14.4 Å². The van der Waals surface area contributed by atoms with Gasteiger partial charge in [0.2, 0.25) is 10.9 Å². The summed E-state index contributed by atoms with van der Waals surface area (Å²) < 4.78 is 1.43. The number of thiazole rings is 1. The number of halogens is 1. The Labute approximate surface area is 212 Å². The minimum atomic E-state index is -0.437. The van der Waals surface area contributed by atoms with Gasteiger partial charge in [-0.2, -0.15) is 9.50 Å². The van der Waals surface area contributed by atoms with E-state index in [0.717, 1.165) is 16.9 Å². The molecule has 3 aromatic heterocycles. The Morgan fingerprint density at radius 3 is 2.50 bits per heavy atom. The monoisotopic (exact) mass is 514 g/mol. The lowest BCUT2D eigenvalue weighted by Gasteiger charge is -2.16. The molecule has 1 aliphatic rings. The Morgan fingerprint density at radius 1 is 1.00 bits per heavy atom. The van der Waals surface area contributed by atoms with Gasteiger partial charge in [0.05, 0.1) is 11.3 Å². The Bertz CT molecular complexity index is 1770. The summed E-state index contributed by atoms with van der Waals surface area (Å²) in [6.07, 6.45) is 3.24. The first kappa shape index (κ1) is 22.1. The van der Waals surface area contributed by atoms with E-state index in [1.54, 1.807) is 73.1 Å². The summed E-state index contributed by atoms with van der Waals surface area (Å²) in [5.41, 5.74) is 2.23. The molecule has 0 radical (unpaired) electrons. The van der Waals surface area contributed by atoms with Gasteiger partial charge in [-0.1, -0.05) is 41.1 Å². The normalized spacial score (nSPS) is 14.4. The van der Waals surface area contributed by atoms with Gasteiger partial charge < -0.3 is 5.32 Å². The number of anilines is 2. The van der Waals surface area contributed by atoms with Gasteiger partial charge in [0.1, 0.15) is 11.1 Å². The molecule has 0 bridgehead atoms. The van der Waals surface area contributed by atoms with Crippen LogP contribution in [-0.2, 0) is 9.59 Å². The number of rotatable bonds is 4. The molecule has 2 amide bonds. The quantitative estimate of drug-likeness (QED) is 0.395. The van der Waals surface area contributed by atoms with Crippen LogP contribution >= 0.6 is 22.9 Å². The van der Waals surface area contributed by atoms with Crippen LogP contribution in [0.3, 0.4) is 0 Å². The molecule has 0 unspecified atom stereocenters. The van der Waals surface area contributed by atoms with Crippen molar-refractivity contribution >= 4 is 56.7 Å². The minimum absolute atomic E-state index is 0.219. The molecule has 4 heterocycles. The highest BCUT2D eigenvalue weighted by molar-refractivity contribution is 7.15. The van der Waals surface area contributed by atoms with Gasteiger partial charge in [-0.05, 0) is 42.5 Å². The summed E-state index contributed by atoms with van der Waals surface area (Å²) in [5, 5.41) is 7.65. The highest BCUT2D eigenvalue weighted by Gasteiger charge is 2.35. The first-order valence-corrected chi connectivity index (χ1v) is 12.0. The molecule has 0 saturated carbocycles. The number of para-hydroxylation sites is 1. The van der Waals surface area contributed by atoms with E-state index >= 15 is 0 Å². The predicted molar refractivity (Wildman–Crippen MR) is 137 cm³/mol. The highest BCUT2D eigenvalue weighted by atomic mass is 35.5. The van der Waals surface area contributed by atoms with Crippen molar-refractivity contribution in [2.45, 2.75) is 0 Å². The predicted octanol–water partition coefficient (Wildman–Crippen LogP) is 2.77. The van der Waals surface area contributed by atoms with Gasteiger partial charge in [-0.25, -0.2) is 0 Å². The summed E-state index contributed by atoms with van der Waals surface area (Å²) in [4.78, 5) is 49.8. The summed E-state index contributed by atoms with van der Waals surface area (Å²) in [5.74, 6) is -0.414. The lowest BCUT2D eigenvalue weighted by atomic mass is 10.1. The maximum atomic E-state index is 13.5. The van der Waals surface area contributed by atoms with E-state index in [-0.39, 0.29) is 22.6 Å². The number of nitrogens with zero attached hydrogens (tertiary/aromatic N) is 5. The van der Waals surface area contributed by atoms with Crippen LogP contribution in [0.2, 0.25) is 5.02 Å². The van der Waals surface area contributed by atoms with E-state index in [1.807, 2.05) is 0 Å². The third-order valence-electron chi connectivity index (χ3n) is 5.68. The van der Waals surface area contributed by atoms with Crippen LogP contribution in [0.15, 0.2) is 77.9 Å². The number of fused-ring (bicyclic) bond motifs is 2. The largest absolute Gasteiger partial charge is 0.325 e. The van der Waals surface area contributed by atoms with Gasteiger partial charge in [0, 0.05) is 34.2 Å². The number of carbonyl (C=O) groups excluding carboxylic acids is 2. The average Bonchev–Trinajstić information content (AvgIpc) is 3.52. The van der Waals surface area contributed by atoms with Gasteiger partial charge in [-0.3, -0.25) is 24.3 Å². The second kappa shape index (κ2) is 8.67. The summed E-state index contributed by atoms with van der Waals surface area (Å²) in [7, 11) is 0. The Morgan fingerprint density at radius 2 is 1.75 bits per heavy atom. The van der Waals surface area contributed by atoms with Crippen LogP contribution in [0.1, 0.15) is 5.56 Å². The molecular formula is C25H15ClN6O3S. The van der Waals surface area contributed by atoms with E-state index in [2.05, 4.69) is 20.4 Å². The lowest BCUT2D eigenvalue weighted by molar-refractivity contribution is -0.118. The number of amides is 2. The molecule has 1 aliphatic heterocycles. The van der Waals surface area contributed by atoms with Crippen LogP contribution in [0.4, 0.5) is 11.4 Å². The van der Waals surface area contributed by atoms with Crippen molar-refractivity contribution in [1.82, 2.24) is 19.6 Å². The molecular weight excluding hydrogens is 500 g/mol. The van der Waals surface area contributed by atoms with E-state index in [4.69, 9.17) is 11.6 Å². The molecule has 1 N–H and O–H groups in total. The molecule has 6 rings (SSSR count). The van der Waals surface area contributed by atoms with Crippen LogP contribution in [-0.4, -0.2) is 37.9 Å². The van der Waals surface area contributed by atoms with Crippen LogP contribution in [0.5, 0.6) is 0 Å². The smallest absolute Gasteiger partial charge is 0.291 e. The molecule has 9 nitrogen and oxygen atoms in total. The topological polar surface area (TPSA) is 110 Å². The van der Waals surface area contributed by atoms with Gasteiger partial charge in [0.15, 0.2) is 5.82 Å². The van der Waals surface area contributed by atoms with Crippen molar-refractivity contribution in [3.63, 3.8) is 0 Å². The fourth-order valence-electron chi connectivity index (χ4n) is 4.04. The SMILES string of the molecule is O=C(CN1C(=O)C(=c2sc3nc(-c4ccncc4)nn3c2=O)c2ccccc21)Nc1ccc(Cl)cc1. The van der Waals surface area contributed by atoms with Crippen molar-refractivity contribution in [3.8, 4) is 11.4 Å². The van der Waals surface area contributed by atoms with Gasteiger partial charge in [-0.15, -0.1) is 5.10 Å². The molecule has 0 spiro atoms. The minimum Gasteiger partial charge on any atom is -0.325 e. The van der Waals surface area contributed by atoms with Gasteiger partial charge in [0.25, 0.3) is 11.5 Å². The third kappa shape index (κ3) is 3.72. The number of benzene rings is 2. The van der Waals surface area contributed by atoms with Crippen molar-refractivity contribution in [3.05, 3.63) is 98.5 Å². The lowest BCUT2D eigenvalue weighted by Crippen LogP contribution is -2.37. The van der Waals surface area contributed by atoms with Crippen LogP contribution < -0.4 is 20.3 Å². The summed E-state index contributed by atoms with van der Waals surface area (Å²) >= 11 is 7.00. The maximum Gasteiger partial charge on any atom is 0.291 e. The molecule has 0 atom stereocenters. The van der Waals surface area contributed by atoms with E-state index in [0.29, 0.717) is 32.7 Å². The van der Waals surface area contributed by atoms with E-state index in [1.165, 1.54) is 9.42 Å². The number of hydrogen-bond acceptors (Lipinski definition) is 7. The first-order valence-electron chi connectivity index (χ1n) is 10.8. The van der Waals surface area contributed by atoms with Crippen molar-refractivity contribution in [2.24, 2.45) is 0 Å². The van der Waals surface area contributed by atoms with Crippen LogP contribution in [0, 0.1) is 0 Å². The van der Waals surface area contributed by atoms with E-state index < -0.39 is 11.5 Å². The Hall–Kier alpha value is -4.41. The molecule has 176 valence electrons. The Balaban J connectivity index is 1.39. The number of nitrogens with one attached hydrogen (secondary N) is 1. The molecule has 5 aromatic rings. The molecule has 0 aliphatic carbocycles. The van der Waals surface area contributed by atoms with Gasteiger partial charge >= 0.3 is 0 Å². The number of pyridine rings is 1. The second-order valence-electron chi connectivity index (χ2n) is 7.94. The molecule has 11 heteroatoms. The fraction of sp³-hybridized carbons (Fsp3) is 0.0400. The average molecular weight is 515 g/mol. The number of hydrogen-bond donors (Lipinski definition) is 1. The standard InChI is InChI=1S/C25H15ClN6O3S/c26-15-5-7-16(8-6-15)28-19(33)13-31-18-4-2-1-3-17(18)20(23(31)34)21-24(35)32-25(36-21)29-22(30-32)14-9-11-27-12-10-14/h1-12H,13H2,(H,28,33). The third-order valence-corrected chi connectivity index (χ3v) is 6.96. The highest BCUT2D eigenvalue weighted by Crippen LogP contribution is 2.35. The van der Waals surface area contributed by atoms with Crippen LogP contribution in [0.25, 0.3) is 21.9 Å².